The van der Waals surface area contributed by atoms with E-state index in [-0.39, 0.29) is 12.0 Å². The van der Waals surface area contributed by atoms with E-state index in [1.54, 1.807) is 0 Å². The molecule has 0 bridgehead atoms. The topological polar surface area (TPSA) is 79.9 Å². The fourth-order valence-corrected chi connectivity index (χ4v) is 2.98. The van der Waals surface area contributed by atoms with Gasteiger partial charge in [-0.25, -0.2) is 4.98 Å². The van der Waals surface area contributed by atoms with E-state index in [1.807, 2.05) is 31.2 Å². The third kappa shape index (κ3) is 4.56. The maximum Gasteiger partial charge on any atom is 0.230 e. The van der Waals surface area contributed by atoms with E-state index in [4.69, 9.17) is 4.74 Å². The highest BCUT2D eigenvalue weighted by Crippen LogP contribution is 2.26. The normalized spacial score (nSPS) is 17.3. The van der Waals surface area contributed by atoms with Gasteiger partial charge in [-0.15, -0.1) is 5.10 Å². The average molecular weight is 332 g/mol. The van der Waals surface area contributed by atoms with Crippen LogP contribution in [0.25, 0.3) is 0 Å². The number of hydrogen-bond donors (Lipinski definition) is 2. The Hall–Kier alpha value is -1.86. The molecule has 0 aliphatic carbocycles. The second-order valence-electron chi connectivity index (χ2n) is 5.56. The molecule has 0 radical (unpaired) electrons. The number of benzene rings is 1. The molecule has 1 amide bonds. The van der Waals surface area contributed by atoms with Crippen molar-refractivity contribution in [1.29, 1.82) is 0 Å². The second-order valence-corrected chi connectivity index (χ2v) is 6.50. The minimum Gasteiger partial charge on any atom is -0.370 e. The molecule has 2 aromatic rings. The van der Waals surface area contributed by atoms with E-state index in [1.165, 1.54) is 17.3 Å². The Morgan fingerprint density at radius 1 is 1.43 bits per heavy atom. The molecule has 1 fully saturated rings. The number of rotatable bonds is 6. The summed E-state index contributed by atoms with van der Waals surface area (Å²) >= 11 is 1.32. The number of aromatic amines is 1. The zero-order valence-corrected chi connectivity index (χ0v) is 13.9. The predicted molar refractivity (Wildman–Crippen MR) is 88.1 cm³/mol. The van der Waals surface area contributed by atoms with Crippen molar-refractivity contribution in [2.75, 3.05) is 12.4 Å². The SMILES string of the molecule is Cc1ccc(CNC(=O)CSc2n[nH]c([C@H]3CCCO3)n2)cc1. The lowest BCUT2D eigenvalue weighted by Crippen LogP contribution is -2.24. The summed E-state index contributed by atoms with van der Waals surface area (Å²) in [6, 6.07) is 8.12. The van der Waals surface area contributed by atoms with Crippen LogP contribution in [0.2, 0.25) is 0 Å². The third-order valence-electron chi connectivity index (χ3n) is 3.66. The standard InChI is InChI=1S/C16H20N4O2S/c1-11-4-6-12(7-5-11)9-17-14(21)10-23-16-18-15(19-20-16)13-3-2-8-22-13/h4-7,13H,2-3,8-10H2,1H3,(H,17,21)(H,18,19,20)/t13-/m1/s1. The van der Waals surface area contributed by atoms with Crippen molar-refractivity contribution < 1.29 is 9.53 Å². The molecule has 1 aromatic carbocycles. The highest BCUT2D eigenvalue weighted by Gasteiger charge is 2.21. The number of nitrogens with zero attached hydrogens (tertiary/aromatic N) is 2. The first-order valence-corrected chi connectivity index (χ1v) is 8.68. The molecule has 1 saturated heterocycles. The Labute approximate surface area is 139 Å². The molecule has 3 rings (SSSR count). The summed E-state index contributed by atoms with van der Waals surface area (Å²) < 4.78 is 5.55. The van der Waals surface area contributed by atoms with Crippen molar-refractivity contribution in [3.05, 3.63) is 41.2 Å². The zero-order valence-electron chi connectivity index (χ0n) is 13.0. The lowest BCUT2D eigenvalue weighted by molar-refractivity contribution is -0.118. The quantitative estimate of drug-likeness (QED) is 0.794. The summed E-state index contributed by atoms with van der Waals surface area (Å²) in [4.78, 5) is 16.3. The van der Waals surface area contributed by atoms with Crippen LogP contribution < -0.4 is 5.32 Å². The molecule has 23 heavy (non-hydrogen) atoms. The minimum atomic E-state index is -0.0287. The molecule has 6 nitrogen and oxygen atoms in total. The highest BCUT2D eigenvalue weighted by molar-refractivity contribution is 7.99. The number of aromatic nitrogens is 3. The van der Waals surface area contributed by atoms with Gasteiger partial charge in [-0.1, -0.05) is 41.6 Å². The summed E-state index contributed by atoms with van der Waals surface area (Å²) in [7, 11) is 0. The Balaban J connectivity index is 1.42. The van der Waals surface area contributed by atoms with Crippen molar-refractivity contribution >= 4 is 17.7 Å². The summed E-state index contributed by atoms with van der Waals surface area (Å²) in [5.41, 5.74) is 2.30. The maximum atomic E-state index is 11.9. The number of ether oxygens (including phenoxy) is 1. The van der Waals surface area contributed by atoms with Crippen molar-refractivity contribution in [2.45, 2.75) is 37.6 Å². The number of thioether (sulfide) groups is 1. The van der Waals surface area contributed by atoms with E-state index < -0.39 is 0 Å². The lowest BCUT2D eigenvalue weighted by Gasteiger charge is -2.05. The van der Waals surface area contributed by atoms with Gasteiger partial charge in [-0.3, -0.25) is 9.89 Å². The molecule has 7 heteroatoms. The van der Waals surface area contributed by atoms with Gasteiger partial charge in [0.25, 0.3) is 0 Å². The monoisotopic (exact) mass is 332 g/mol. The highest BCUT2D eigenvalue weighted by atomic mass is 32.2. The fraction of sp³-hybridized carbons (Fsp3) is 0.438. The van der Waals surface area contributed by atoms with Crippen LogP contribution in [0.15, 0.2) is 29.4 Å². The number of nitrogens with one attached hydrogen (secondary N) is 2. The Bertz CT molecular complexity index is 650. The number of carbonyl (C=O) groups excluding carboxylic acids is 1. The molecule has 1 atom stereocenters. The first-order chi connectivity index (χ1) is 11.2. The smallest absolute Gasteiger partial charge is 0.230 e. The van der Waals surface area contributed by atoms with Crippen LogP contribution in [-0.2, 0) is 16.1 Å². The number of carbonyl (C=O) groups is 1. The van der Waals surface area contributed by atoms with Crippen LogP contribution in [0.1, 0.15) is 35.9 Å². The van der Waals surface area contributed by atoms with E-state index in [9.17, 15) is 4.79 Å². The summed E-state index contributed by atoms with van der Waals surface area (Å²) in [5, 5.41) is 10.5. The van der Waals surface area contributed by atoms with Crippen LogP contribution in [0.4, 0.5) is 0 Å². The molecule has 1 aliphatic rings. The van der Waals surface area contributed by atoms with Crippen molar-refractivity contribution in [3.8, 4) is 0 Å². The molecule has 1 aromatic heterocycles. The summed E-state index contributed by atoms with van der Waals surface area (Å²) in [5.74, 6) is 1.03. The molecule has 0 saturated carbocycles. The molecular weight excluding hydrogens is 312 g/mol. The molecule has 1 aliphatic heterocycles. The number of hydrogen-bond acceptors (Lipinski definition) is 5. The van der Waals surface area contributed by atoms with Crippen molar-refractivity contribution in [1.82, 2.24) is 20.5 Å². The molecule has 2 heterocycles. The average Bonchev–Trinajstić information content (AvgIpc) is 3.23. The Kier molecular flexibility index (Phi) is 5.30. The Morgan fingerprint density at radius 3 is 3.00 bits per heavy atom. The van der Waals surface area contributed by atoms with E-state index in [0.717, 1.165) is 30.8 Å². The zero-order chi connectivity index (χ0) is 16.1. The first kappa shape index (κ1) is 16.0. The number of H-pyrrole nitrogens is 1. The summed E-state index contributed by atoms with van der Waals surface area (Å²) in [6.45, 7) is 3.35. The van der Waals surface area contributed by atoms with Gasteiger partial charge in [0.15, 0.2) is 5.82 Å². The molecule has 2 N–H and O–H groups in total. The molecule has 0 unspecified atom stereocenters. The number of amides is 1. The van der Waals surface area contributed by atoms with Gasteiger partial charge in [0.05, 0.1) is 5.75 Å². The van der Waals surface area contributed by atoms with Crippen molar-refractivity contribution in [2.24, 2.45) is 0 Å². The third-order valence-corrected chi connectivity index (χ3v) is 4.51. The van der Waals surface area contributed by atoms with Crippen molar-refractivity contribution in [3.63, 3.8) is 0 Å². The predicted octanol–water partition coefficient (Wildman–Crippen LogP) is 2.37. The van der Waals surface area contributed by atoms with Crippen LogP contribution in [-0.4, -0.2) is 33.4 Å². The van der Waals surface area contributed by atoms with Crippen LogP contribution >= 0.6 is 11.8 Å². The van der Waals surface area contributed by atoms with E-state index in [0.29, 0.717) is 17.5 Å². The van der Waals surface area contributed by atoms with Gasteiger partial charge in [0, 0.05) is 13.2 Å². The van der Waals surface area contributed by atoms with E-state index in [2.05, 4.69) is 20.5 Å². The largest absolute Gasteiger partial charge is 0.370 e. The van der Waals surface area contributed by atoms with Gasteiger partial charge >= 0.3 is 0 Å². The van der Waals surface area contributed by atoms with Gasteiger partial charge in [-0.2, -0.15) is 0 Å². The van der Waals surface area contributed by atoms with Crippen LogP contribution in [0.5, 0.6) is 0 Å². The maximum absolute atomic E-state index is 11.9. The molecular formula is C16H20N4O2S. The van der Waals surface area contributed by atoms with Gasteiger partial charge in [0.1, 0.15) is 6.10 Å². The Morgan fingerprint density at radius 2 is 2.26 bits per heavy atom. The molecule has 122 valence electrons. The lowest BCUT2D eigenvalue weighted by atomic mass is 10.1. The van der Waals surface area contributed by atoms with Crippen LogP contribution in [0.3, 0.4) is 0 Å². The summed E-state index contributed by atoms with van der Waals surface area (Å²) in [6.07, 6.45) is 2.04. The molecule has 0 spiro atoms. The van der Waals surface area contributed by atoms with Gasteiger partial charge in [-0.05, 0) is 25.3 Å². The minimum absolute atomic E-state index is 0.0206. The first-order valence-electron chi connectivity index (χ1n) is 7.69. The van der Waals surface area contributed by atoms with Gasteiger partial charge < -0.3 is 10.1 Å². The fourth-order valence-electron chi connectivity index (χ4n) is 2.35. The van der Waals surface area contributed by atoms with E-state index >= 15 is 0 Å². The van der Waals surface area contributed by atoms with Crippen LogP contribution in [0, 0.1) is 6.92 Å². The number of aryl methyl sites for hydroxylation is 1. The van der Waals surface area contributed by atoms with Gasteiger partial charge in [0.2, 0.25) is 11.1 Å². The second kappa shape index (κ2) is 7.61.